The number of esters is 1. The second-order valence-electron chi connectivity index (χ2n) is 4.91. The lowest BCUT2D eigenvalue weighted by molar-refractivity contribution is -0.141. The van der Waals surface area contributed by atoms with Gasteiger partial charge in [0.1, 0.15) is 0 Å². The summed E-state index contributed by atoms with van der Waals surface area (Å²) < 4.78 is 15.1. The zero-order valence-corrected chi connectivity index (χ0v) is 13.8. The van der Waals surface area contributed by atoms with Crippen molar-refractivity contribution in [1.29, 1.82) is 0 Å². The van der Waals surface area contributed by atoms with E-state index < -0.39 is 12.0 Å². The molecular formula is C16H24N2O5. The normalized spacial score (nSPS) is 11.5. The Morgan fingerprint density at radius 2 is 1.87 bits per heavy atom. The molecule has 0 fully saturated rings. The zero-order chi connectivity index (χ0) is 17.2. The number of ether oxygens (including phenoxy) is 3. The quantitative estimate of drug-likeness (QED) is 0.661. The number of nitrogens with two attached hydrogens (primary N) is 1. The molecule has 0 aliphatic carbocycles. The average Bonchev–Trinajstić information content (AvgIpc) is 2.58. The van der Waals surface area contributed by atoms with Gasteiger partial charge in [0.25, 0.3) is 0 Å². The Labute approximate surface area is 136 Å². The summed E-state index contributed by atoms with van der Waals surface area (Å²) in [7, 11) is 4.37. The fourth-order valence-corrected chi connectivity index (χ4v) is 2.10. The highest BCUT2D eigenvalue weighted by atomic mass is 16.5. The van der Waals surface area contributed by atoms with Gasteiger partial charge in [0.05, 0.1) is 33.8 Å². The first-order chi connectivity index (χ1) is 11.0. The maximum absolute atomic E-state index is 12.0. The third-order valence-electron chi connectivity index (χ3n) is 3.35. The van der Waals surface area contributed by atoms with E-state index in [4.69, 9.17) is 19.9 Å². The summed E-state index contributed by atoms with van der Waals surface area (Å²) in [6, 6.07) is 4.73. The van der Waals surface area contributed by atoms with E-state index >= 15 is 0 Å². The Bertz CT molecular complexity index is 533. The number of hydrogen-bond acceptors (Lipinski definition) is 6. The van der Waals surface area contributed by atoms with Crippen molar-refractivity contribution in [2.24, 2.45) is 5.73 Å². The van der Waals surface area contributed by atoms with Gasteiger partial charge in [-0.2, -0.15) is 0 Å². The number of methoxy groups -OCH3 is 3. The predicted octanol–water partition coefficient (Wildman–Crippen LogP) is 1.16. The molecule has 1 amide bonds. The number of amides is 1. The lowest BCUT2D eigenvalue weighted by Crippen LogP contribution is -2.30. The van der Waals surface area contributed by atoms with Gasteiger partial charge in [-0.05, 0) is 30.7 Å². The van der Waals surface area contributed by atoms with Gasteiger partial charge >= 0.3 is 5.97 Å². The molecule has 3 N–H and O–H groups in total. The van der Waals surface area contributed by atoms with Crippen LogP contribution in [0.15, 0.2) is 18.2 Å². The molecule has 0 aromatic heterocycles. The van der Waals surface area contributed by atoms with Crippen LogP contribution in [0.5, 0.6) is 11.5 Å². The summed E-state index contributed by atoms with van der Waals surface area (Å²) in [5.41, 5.74) is 6.14. The Morgan fingerprint density at radius 3 is 2.43 bits per heavy atom. The lowest BCUT2D eigenvalue weighted by atomic mass is 10.0. The third-order valence-corrected chi connectivity index (χ3v) is 3.35. The summed E-state index contributed by atoms with van der Waals surface area (Å²) in [5.74, 6) is 0.515. The van der Waals surface area contributed by atoms with E-state index in [1.807, 2.05) is 0 Å². The van der Waals surface area contributed by atoms with E-state index in [1.165, 1.54) is 21.3 Å². The molecule has 1 rings (SSSR count). The van der Waals surface area contributed by atoms with E-state index in [9.17, 15) is 9.59 Å². The van der Waals surface area contributed by atoms with E-state index in [2.05, 4.69) is 5.32 Å². The fraction of sp³-hybridized carbons (Fsp3) is 0.500. The molecule has 1 aromatic rings. The van der Waals surface area contributed by atoms with Crippen LogP contribution >= 0.6 is 0 Å². The molecule has 0 bridgehead atoms. The Morgan fingerprint density at radius 1 is 1.17 bits per heavy atom. The zero-order valence-electron chi connectivity index (χ0n) is 13.8. The molecule has 0 spiro atoms. The van der Waals surface area contributed by atoms with Crippen molar-refractivity contribution in [3.63, 3.8) is 0 Å². The highest BCUT2D eigenvalue weighted by Gasteiger charge is 2.20. The van der Waals surface area contributed by atoms with Gasteiger partial charge in [-0.1, -0.05) is 6.07 Å². The summed E-state index contributed by atoms with van der Waals surface area (Å²) in [4.78, 5) is 23.6. The molecule has 0 aliphatic rings. The highest BCUT2D eigenvalue weighted by molar-refractivity contribution is 5.78. The third kappa shape index (κ3) is 5.78. The van der Waals surface area contributed by atoms with Crippen LogP contribution < -0.4 is 20.5 Å². The summed E-state index contributed by atoms with van der Waals surface area (Å²) >= 11 is 0. The van der Waals surface area contributed by atoms with Gasteiger partial charge < -0.3 is 25.3 Å². The first-order valence-corrected chi connectivity index (χ1v) is 7.33. The molecule has 1 atom stereocenters. The molecule has 7 nitrogen and oxygen atoms in total. The standard InChI is InChI=1S/C16H24N2O5/c1-21-13-7-6-11(9-14(13)22-2)12(10-16(20)23-3)18-15(19)5-4-8-17/h6-7,9,12H,4-5,8,10,17H2,1-3H3,(H,18,19). The molecule has 0 heterocycles. The molecule has 128 valence electrons. The molecular weight excluding hydrogens is 300 g/mol. The van der Waals surface area contributed by atoms with E-state index in [1.54, 1.807) is 18.2 Å². The minimum Gasteiger partial charge on any atom is -0.493 e. The predicted molar refractivity (Wildman–Crippen MR) is 85.4 cm³/mol. The molecule has 0 aliphatic heterocycles. The molecule has 1 aromatic carbocycles. The largest absolute Gasteiger partial charge is 0.493 e. The maximum Gasteiger partial charge on any atom is 0.307 e. The van der Waals surface area contributed by atoms with Gasteiger partial charge in [0, 0.05) is 6.42 Å². The first-order valence-electron chi connectivity index (χ1n) is 7.33. The number of benzene rings is 1. The molecule has 7 heteroatoms. The maximum atomic E-state index is 12.0. The summed E-state index contributed by atoms with van der Waals surface area (Å²) in [6.45, 7) is 0.436. The second-order valence-corrected chi connectivity index (χ2v) is 4.91. The second kappa shape index (κ2) is 9.68. The number of rotatable bonds is 9. The summed E-state index contributed by atoms with van der Waals surface area (Å²) in [5, 5.41) is 2.83. The van der Waals surface area contributed by atoms with Crippen molar-refractivity contribution in [3.05, 3.63) is 23.8 Å². The van der Waals surface area contributed by atoms with Gasteiger partial charge in [0.2, 0.25) is 5.91 Å². The molecule has 1 unspecified atom stereocenters. The number of carbonyl (C=O) groups excluding carboxylic acids is 2. The van der Waals surface area contributed by atoms with Crippen molar-refractivity contribution in [3.8, 4) is 11.5 Å². The minimum atomic E-state index is -0.507. The van der Waals surface area contributed by atoms with Crippen LogP contribution in [0.3, 0.4) is 0 Å². The van der Waals surface area contributed by atoms with Crippen LogP contribution in [0.1, 0.15) is 30.9 Å². The van der Waals surface area contributed by atoms with Gasteiger partial charge in [-0.25, -0.2) is 0 Å². The van der Waals surface area contributed by atoms with Gasteiger partial charge in [-0.3, -0.25) is 9.59 Å². The molecule has 0 saturated carbocycles. The van der Waals surface area contributed by atoms with Gasteiger partial charge in [-0.15, -0.1) is 0 Å². The van der Waals surface area contributed by atoms with Crippen molar-refractivity contribution < 1.29 is 23.8 Å². The Balaban J connectivity index is 2.98. The first kappa shape index (κ1) is 18.8. The Hall–Kier alpha value is -2.28. The van der Waals surface area contributed by atoms with Crippen molar-refractivity contribution in [2.45, 2.75) is 25.3 Å². The van der Waals surface area contributed by atoms with Crippen molar-refractivity contribution in [1.82, 2.24) is 5.32 Å². The van der Waals surface area contributed by atoms with Crippen LogP contribution in [0.4, 0.5) is 0 Å². The van der Waals surface area contributed by atoms with Crippen LogP contribution in [0.25, 0.3) is 0 Å². The fourth-order valence-electron chi connectivity index (χ4n) is 2.10. The van der Waals surface area contributed by atoms with Crippen LogP contribution in [0, 0.1) is 0 Å². The molecule has 0 radical (unpaired) electrons. The van der Waals surface area contributed by atoms with Crippen molar-refractivity contribution in [2.75, 3.05) is 27.9 Å². The topological polar surface area (TPSA) is 99.9 Å². The van der Waals surface area contributed by atoms with E-state index in [0.29, 0.717) is 30.9 Å². The monoisotopic (exact) mass is 324 g/mol. The van der Waals surface area contributed by atoms with Crippen LogP contribution in [0.2, 0.25) is 0 Å². The SMILES string of the molecule is COC(=O)CC(NC(=O)CCCN)c1ccc(OC)c(OC)c1. The lowest BCUT2D eigenvalue weighted by Gasteiger charge is -2.19. The highest BCUT2D eigenvalue weighted by Crippen LogP contribution is 2.31. The number of nitrogens with one attached hydrogen (secondary N) is 1. The Kier molecular flexibility index (Phi) is 7.90. The summed E-state index contributed by atoms with van der Waals surface area (Å²) in [6.07, 6.45) is 0.921. The minimum absolute atomic E-state index is 0.0281. The van der Waals surface area contributed by atoms with Crippen LogP contribution in [-0.4, -0.2) is 39.8 Å². The average molecular weight is 324 g/mol. The van der Waals surface area contributed by atoms with E-state index in [-0.39, 0.29) is 12.3 Å². The van der Waals surface area contributed by atoms with Crippen LogP contribution in [-0.2, 0) is 14.3 Å². The number of hydrogen-bond donors (Lipinski definition) is 2. The molecule has 23 heavy (non-hydrogen) atoms. The van der Waals surface area contributed by atoms with Crippen molar-refractivity contribution >= 4 is 11.9 Å². The number of carbonyl (C=O) groups is 2. The van der Waals surface area contributed by atoms with Gasteiger partial charge in [0.15, 0.2) is 11.5 Å². The van der Waals surface area contributed by atoms with E-state index in [0.717, 1.165) is 5.56 Å². The smallest absolute Gasteiger partial charge is 0.307 e. The molecule has 0 saturated heterocycles.